The Kier molecular flexibility index (Phi) is 4.98. The highest BCUT2D eigenvalue weighted by Crippen LogP contribution is 2.11. The van der Waals surface area contributed by atoms with E-state index in [0.29, 0.717) is 16.4 Å². The first kappa shape index (κ1) is 18.3. The van der Waals surface area contributed by atoms with Gasteiger partial charge in [-0.05, 0) is 24.3 Å². The summed E-state index contributed by atoms with van der Waals surface area (Å²) in [6.45, 7) is 0.261. The van der Waals surface area contributed by atoms with Gasteiger partial charge in [0.05, 0.1) is 23.8 Å². The van der Waals surface area contributed by atoms with Gasteiger partial charge in [-0.25, -0.2) is 4.98 Å². The van der Waals surface area contributed by atoms with Crippen LogP contribution in [0.5, 0.6) is 0 Å². The predicted octanol–water partition coefficient (Wildman–Crippen LogP) is 1.80. The van der Waals surface area contributed by atoms with Crippen molar-refractivity contribution >= 4 is 33.6 Å². The van der Waals surface area contributed by atoms with Gasteiger partial charge in [-0.1, -0.05) is 36.4 Å². The van der Waals surface area contributed by atoms with Crippen LogP contribution in [0.2, 0.25) is 0 Å². The molecular formula is C21H17N5O3. The van der Waals surface area contributed by atoms with Gasteiger partial charge < -0.3 is 0 Å². The number of amides is 2. The van der Waals surface area contributed by atoms with Crippen LogP contribution in [0.4, 0.5) is 0 Å². The van der Waals surface area contributed by atoms with Crippen molar-refractivity contribution in [2.24, 2.45) is 0 Å². The molecule has 2 heterocycles. The Bertz CT molecular complexity index is 1280. The molecule has 0 bridgehead atoms. The largest absolute Gasteiger partial charge is 0.288 e. The number of benzene rings is 2. The third-order valence-corrected chi connectivity index (χ3v) is 4.46. The number of hydrogen-bond donors (Lipinski definition) is 2. The zero-order valence-electron chi connectivity index (χ0n) is 15.3. The van der Waals surface area contributed by atoms with Crippen molar-refractivity contribution in [3.05, 3.63) is 82.8 Å². The second kappa shape index (κ2) is 7.89. The van der Waals surface area contributed by atoms with Gasteiger partial charge in [0, 0.05) is 17.2 Å². The van der Waals surface area contributed by atoms with Gasteiger partial charge in [0.25, 0.3) is 5.91 Å². The van der Waals surface area contributed by atoms with Crippen molar-refractivity contribution in [3.63, 3.8) is 0 Å². The van der Waals surface area contributed by atoms with E-state index in [4.69, 9.17) is 0 Å². The van der Waals surface area contributed by atoms with Crippen LogP contribution in [0.25, 0.3) is 21.8 Å². The Morgan fingerprint density at radius 3 is 2.62 bits per heavy atom. The Balaban J connectivity index is 1.37. The van der Waals surface area contributed by atoms with Crippen LogP contribution in [-0.4, -0.2) is 26.6 Å². The Morgan fingerprint density at radius 1 is 0.931 bits per heavy atom. The van der Waals surface area contributed by atoms with Crippen LogP contribution in [-0.2, 0) is 11.3 Å². The quantitative estimate of drug-likeness (QED) is 0.520. The minimum atomic E-state index is -0.504. The minimum Gasteiger partial charge on any atom is -0.287 e. The maximum Gasteiger partial charge on any atom is 0.288 e. The summed E-state index contributed by atoms with van der Waals surface area (Å²) in [4.78, 5) is 40.5. The first-order chi connectivity index (χ1) is 14.1. The number of hydrogen-bond acceptors (Lipinski definition) is 5. The van der Waals surface area contributed by atoms with Gasteiger partial charge in [0.1, 0.15) is 5.69 Å². The topological polar surface area (TPSA) is 106 Å². The lowest BCUT2D eigenvalue weighted by molar-refractivity contribution is -0.122. The molecule has 2 amide bonds. The lowest BCUT2D eigenvalue weighted by Crippen LogP contribution is -2.42. The van der Waals surface area contributed by atoms with Gasteiger partial charge in [-0.15, -0.1) is 0 Å². The summed E-state index contributed by atoms with van der Waals surface area (Å²) < 4.78 is 1.59. The van der Waals surface area contributed by atoms with Crippen molar-refractivity contribution in [3.8, 4) is 0 Å². The lowest BCUT2D eigenvalue weighted by atomic mass is 10.2. The number of hydrazine groups is 1. The Labute approximate surface area is 165 Å². The predicted molar refractivity (Wildman–Crippen MR) is 108 cm³/mol. The second-order valence-electron chi connectivity index (χ2n) is 6.39. The first-order valence-corrected chi connectivity index (χ1v) is 9.02. The maximum absolute atomic E-state index is 12.2. The molecule has 0 aliphatic carbocycles. The highest BCUT2D eigenvalue weighted by molar-refractivity contribution is 5.95. The molecule has 2 aromatic carbocycles. The SMILES string of the molecule is O=C(CCn1ncc(=O)c2ccccc21)NNC(=O)c1ccc2ccccc2n1. The summed E-state index contributed by atoms with van der Waals surface area (Å²) in [5.74, 6) is -0.889. The number of fused-ring (bicyclic) bond motifs is 2. The molecule has 0 radical (unpaired) electrons. The number of carbonyl (C=O) groups excluding carboxylic acids is 2. The zero-order valence-corrected chi connectivity index (χ0v) is 15.3. The molecule has 8 nitrogen and oxygen atoms in total. The Morgan fingerprint density at radius 2 is 1.72 bits per heavy atom. The van der Waals surface area contributed by atoms with Crippen molar-refractivity contribution in [2.45, 2.75) is 13.0 Å². The van der Waals surface area contributed by atoms with Gasteiger partial charge in [-0.3, -0.25) is 29.9 Å². The number of pyridine rings is 1. The van der Waals surface area contributed by atoms with E-state index in [-0.39, 0.29) is 30.0 Å². The maximum atomic E-state index is 12.2. The molecule has 0 unspecified atom stereocenters. The van der Waals surface area contributed by atoms with Crippen LogP contribution >= 0.6 is 0 Å². The van der Waals surface area contributed by atoms with E-state index in [1.165, 1.54) is 6.20 Å². The van der Waals surface area contributed by atoms with E-state index < -0.39 is 5.91 Å². The van der Waals surface area contributed by atoms with E-state index in [1.807, 2.05) is 24.3 Å². The van der Waals surface area contributed by atoms with Crippen LogP contribution in [0.15, 0.2) is 71.7 Å². The normalized spacial score (nSPS) is 10.8. The van der Waals surface area contributed by atoms with E-state index in [0.717, 1.165) is 5.39 Å². The molecule has 0 aliphatic heterocycles. The number of nitrogens with zero attached hydrogens (tertiary/aromatic N) is 3. The van der Waals surface area contributed by atoms with E-state index in [2.05, 4.69) is 20.9 Å². The molecular weight excluding hydrogens is 370 g/mol. The molecule has 144 valence electrons. The fourth-order valence-electron chi connectivity index (χ4n) is 2.99. The van der Waals surface area contributed by atoms with Gasteiger partial charge in [-0.2, -0.15) is 5.10 Å². The first-order valence-electron chi connectivity index (χ1n) is 9.02. The molecule has 0 fully saturated rings. The summed E-state index contributed by atoms with van der Waals surface area (Å²) in [7, 11) is 0. The van der Waals surface area contributed by atoms with Gasteiger partial charge in [0.2, 0.25) is 11.3 Å². The molecule has 29 heavy (non-hydrogen) atoms. The van der Waals surface area contributed by atoms with Crippen LogP contribution in [0.1, 0.15) is 16.9 Å². The molecule has 0 aliphatic rings. The molecule has 2 N–H and O–H groups in total. The highest BCUT2D eigenvalue weighted by atomic mass is 16.2. The molecule has 8 heteroatoms. The van der Waals surface area contributed by atoms with E-state index in [1.54, 1.807) is 41.1 Å². The summed E-state index contributed by atoms with van der Waals surface area (Å²) >= 11 is 0. The van der Waals surface area contributed by atoms with Crippen LogP contribution < -0.4 is 16.3 Å². The number of carbonyl (C=O) groups is 2. The van der Waals surface area contributed by atoms with E-state index >= 15 is 0 Å². The minimum absolute atomic E-state index is 0.0747. The van der Waals surface area contributed by atoms with Gasteiger partial charge >= 0.3 is 0 Å². The average Bonchev–Trinajstić information content (AvgIpc) is 2.77. The number of aromatic nitrogens is 3. The standard InChI is InChI=1S/C21H17N5O3/c27-19-13-22-26(18-8-4-2-6-15(18)19)12-11-20(28)24-25-21(29)17-10-9-14-5-1-3-7-16(14)23-17/h1-10,13H,11-12H2,(H,24,28)(H,25,29). The molecule has 0 saturated heterocycles. The third-order valence-electron chi connectivity index (χ3n) is 4.46. The summed E-state index contributed by atoms with van der Waals surface area (Å²) in [6, 6.07) is 17.9. The summed E-state index contributed by atoms with van der Waals surface area (Å²) in [5.41, 5.74) is 6.13. The monoisotopic (exact) mass is 387 g/mol. The number of nitrogens with one attached hydrogen (secondary N) is 2. The molecule has 0 spiro atoms. The van der Waals surface area contributed by atoms with Crippen LogP contribution in [0, 0.1) is 0 Å². The Hall–Kier alpha value is -4.07. The van der Waals surface area contributed by atoms with Crippen molar-refractivity contribution in [1.82, 2.24) is 25.6 Å². The zero-order chi connectivity index (χ0) is 20.2. The van der Waals surface area contributed by atoms with Crippen LogP contribution in [0.3, 0.4) is 0 Å². The second-order valence-corrected chi connectivity index (χ2v) is 6.39. The van der Waals surface area contributed by atoms with Crippen molar-refractivity contribution in [1.29, 1.82) is 0 Å². The molecule has 4 rings (SSSR count). The average molecular weight is 387 g/mol. The van der Waals surface area contributed by atoms with E-state index in [9.17, 15) is 14.4 Å². The third kappa shape index (κ3) is 3.96. The summed E-state index contributed by atoms with van der Waals surface area (Å²) in [5, 5.41) is 5.54. The highest BCUT2D eigenvalue weighted by Gasteiger charge is 2.10. The molecule has 4 aromatic rings. The lowest BCUT2D eigenvalue weighted by Gasteiger charge is -2.10. The fraction of sp³-hybridized carbons (Fsp3) is 0.0952. The van der Waals surface area contributed by atoms with Crippen molar-refractivity contribution in [2.75, 3.05) is 0 Å². The van der Waals surface area contributed by atoms with Crippen molar-refractivity contribution < 1.29 is 9.59 Å². The number of para-hydroxylation sites is 2. The molecule has 0 saturated carbocycles. The molecule has 0 atom stereocenters. The summed E-state index contributed by atoms with van der Waals surface area (Å²) in [6.07, 6.45) is 1.30. The smallest absolute Gasteiger partial charge is 0.287 e. The fourth-order valence-corrected chi connectivity index (χ4v) is 2.99. The van der Waals surface area contributed by atoms with Gasteiger partial charge in [0.15, 0.2) is 0 Å². The number of aryl methyl sites for hydroxylation is 1. The molecule has 2 aromatic heterocycles. The number of rotatable bonds is 4.